The van der Waals surface area contributed by atoms with Crippen molar-refractivity contribution in [3.05, 3.63) is 0 Å². The normalized spacial score (nSPS) is 10.7. The first-order valence-corrected chi connectivity index (χ1v) is 48.6. The Kier molecular flexibility index (Phi) is 21.4. The van der Waals surface area contributed by atoms with E-state index in [1.165, 1.54) is 38.5 Å². The van der Waals surface area contributed by atoms with Crippen LogP contribution < -0.4 is 5.73 Å². The second-order valence-electron chi connectivity index (χ2n) is 2.99. The molecule has 0 aromatic carbocycles. The van der Waals surface area contributed by atoms with Gasteiger partial charge in [0.25, 0.3) is 0 Å². The first-order valence-electron chi connectivity index (χ1n) is 4.87. The molecule has 14 heavy (non-hydrogen) atoms. The Balaban J connectivity index is 0. The first kappa shape index (κ1) is 20.1. The van der Waals surface area contributed by atoms with E-state index in [0.717, 1.165) is 6.54 Å². The fourth-order valence-electron chi connectivity index (χ4n) is 0.925. The molecule has 0 saturated carbocycles. The summed E-state index contributed by atoms with van der Waals surface area (Å²) in [5, 5.41) is 0. The van der Waals surface area contributed by atoms with Crippen LogP contribution in [-0.2, 0) is 0 Å². The van der Waals surface area contributed by atoms with Gasteiger partial charge in [-0.1, -0.05) is 39.0 Å². The van der Waals surface area contributed by atoms with E-state index in [1.54, 1.807) is 0 Å². The van der Waals surface area contributed by atoms with Crippen LogP contribution in [0.15, 0.2) is 0 Å². The molecule has 0 saturated heterocycles. The predicted octanol–water partition coefficient (Wildman–Crippen LogP) is 5.47. The molecular formula is C8H19I4NPb. The zero-order valence-electron chi connectivity index (χ0n) is 8.54. The number of hydrogen-bond donors (Lipinski definition) is 1. The molecule has 1 nitrogen and oxygen atoms in total. The summed E-state index contributed by atoms with van der Waals surface area (Å²) in [6, 6.07) is 0. The van der Waals surface area contributed by atoms with Gasteiger partial charge in [0.15, 0.2) is 0 Å². The van der Waals surface area contributed by atoms with E-state index >= 15 is 0 Å². The summed E-state index contributed by atoms with van der Waals surface area (Å²) >= 11 is 10.2. The average Bonchev–Trinajstić information content (AvgIpc) is 2.01. The number of halogens is 4. The molecule has 6 heteroatoms. The van der Waals surface area contributed by atoms with Crippen molar-refractivity contribution in [2.75, 3.05) is 6.54 Å². The number of unbranched alkanes of at least 4 members (excludes halogenated alkanes) is 5. The van der Waals surface area contributed by atoms with Gasteiger partial charge >= 0.3 is 75.0 Å². The van der Waals surface area contributed by atoms with Crippen molar-refractivity contribution >= 4 is 75.0 Å². The molecular weight excluding hydrogens is 825 g/mol. The van der Waals surface area contributed by atoms with Crippen molar-refractivity contribution in [2.45, 2.75) is 45.4 Å². The molecule has 0 aliphatic heterocycles. The van der Waals surface area contributed by atoms with E-state index in [4.69, 9.17) is 5.73 Å². The van der Waals surface area contributed by atoms with Gasteiger partial charge in [0.1, 0.15) is 0 Å². The molecule has 0 aromatic heterocycles. The van der Waals surface area contributed by atoms with Gasteiger partial charge in [0, 0.05) is 0 Å². The summed E-state index contributed by atoms with van der Waals surface area (Å²) in [6.45, 7) is 3.11. The molecule has 0 rings (SSSR count). The van der Waals surface area contributed by atoms with Crippen LogP contribution in [0, 0.1) is 0 Å². The Morgan fingerprint density at radius 1 is 0.857 bits per heavy atom. The zero-order chi connectivity index (χ0) is 11.4. The van der Waals surface area contributed by atoms with Gasteiger partial charge in [-0.3, -0.25) is 0 Å². The third-order valence-electron chi connectivity index (χ3n) is 1.56. The molecule has 0 spiro atoms. The fraction of sp³-hybridized carbons (Fsp3) is 1.00. The van der Waals surface area contributed by atoms with Crippen LogP contribution in [0.4, 0.5) is 0 Å². The fourth-order valence-corrected chi connectivity index (χ4v) is 0.925. The molecule has 0 aromatic rings. The number of rotatable bonds is 6. The van der Waals surface area contributed by atoms with Gasteiger partial charge in [-0.15, -0.1) is 0 Å². The van der Waals surface area contributed by atoms with Crippen LogP contribution in [0.25, 0.3) is 0 Å². The molecule has 2 N–H and O–H groups in total. The summed E-state index contributed by atoms with van der Waals surface area (Å²) in [6.07, 6.45) is 8.05. The van der Waals surface area contributed by atoms with Gasteiger partial charge in [-0.05, 0) is 13.0 Å². The minimum atomic E-state index is -1.40. The van der Waals surface area contributed by atoms with Crippen LogP contribution in [0.3, 0.4) is 0 Å². The van der Waals surface area contributed by atoms with Crippen molar-refractivity contribution in [2.24, 2.45) is 5.73 Å². The predicted molar refractivity (Wildman–Crippen MR) is 104 cm³/mol. The Bertz CT molecular complexity index is 96.0. The Hall–Kier alpha value is 3.80. The van der Waals surface area contributed by atoms with E-state index in [-0.39, 0.29) is 0 Å². The number of nitrogens with two attached hydrogens (primary N) is 1. The monoisotopic (exact) mass is 845 g/mol. The molecule has 0 amide bonds. The van der Waals surface area contributed by atoms with Gasteiger partial charge in [0.2, 0.25) is 0 Å². The average molecular weight is 844 g/mol. The van der Waals surface area contributed by atoms with E-state index in [0.29, 0.717) is 0 Å². The van der Waals surface area contributed by atoms with E-state index in [9.17, 15) is 0 Å². The van der Waals surface area contributed by atoms with Crippen LogP contribution in [0.5, 0.6) is 0 Å². The van der Waals surface area contributed by atoms with Crippen LogP contribution >= 0.6 is 71.0 Å². The van der Waals surface area contributed by atoms with Crippen molar-refractivity contribution in [1.82, 2.24) is 0 Å². The third-order valence-corrected chi connectivity index (χ3v) is 1.56. The Labute approximate surface area is 129 Å². The van der Waals surface area contributed by atoms with Crippen LogP contribution in [0.1, 0.15) is 45.4 Å². The van der Waals surface area contributed by atoms with Gasteiger partial charge in [-0.25, -0.2) is 0 Å². The molecule has 0 aliphatic rings. The van der Waals surface area contributed by atoms with Gasteiger partial charge < -0.3 is 5.73 Å². The SMILES string of the molecule is CCCCCCCCN.[I][Pb]([I])([I])[I]. The third kappa shape index (κ3) is 36.0. The first-order chi connectivity index (χ1) is 6.41. The van der Waals surface area contributed by atoms with Crippen molar-refractivity contribution < 1.29 is 0 Å². The van der Waals surface area contributed by atoms with Crippen molar-refractivity contribution in [3.63, 3.8) is 0 Å². The molecule has 0 bridgehead atoms. The maximum atomic E-state index is 5.34. The second kappa shape index (κ2) is 14.9. The Morgan fingerprint density at radius 3 is 1.57 bits per heavy atom. The molecule has 0 aliphatic carbocycles. The van der Waals surface area contributed by atoms with Crippen LogP contribution in [-0.4, -0.2) is 10.5 Å². The van der Waals surface area contributed by atoms with E-state index in [2.05, 4.69) is 78.0 Å². The van der Waals surface area contributed by atoms with E-state index in [1.807, 2.05) is 0 Å². The maximum absolute atomic E-state index is 5.34. The molecule has 0 unspecified atom stereocenters. The Morgan fingerprint density at radius 2 is 1.21 bits per heavy atom. The summed E-state index contributed by atoms with van der Waals surface area (Å²) in [5.41, 5.74) is 5.34. The topological polar surface area (TPSA) is 26.0 Å². The van der Waals surface area contributed by atoms with Gasteiger partial charge in [0.05, 0.1) is 0 Å². The summed E-state index contributed by atoms with van der Waals surface area (Å²) in [5.74, 6) is 0. The quantitative estimate of drug-likeness (QED) is 0.215. The minimum absolute atomic E-state index is 0.867. The molecule has 0 atom stereocenters. The molecule has 0 fully saturated rings. The van der Waals surface area contributed by atoms with E-state index < -0.39 is 4.00 Å². The molecule has 0 heterocycles. The summed E-state index contributed by atoms with van der Waals surface area (Å²) in [7, 11) is 0. The second-order valence-corrected chi connectivity index (χ2v) is 172. The van der Waals surface area contributed by atoms with Crippen LogP contribution in [0.2, 0.25) is 0 Å². The zero-order valence-corrected chi connectivity index (χ0v) is 21.1. The number of hydrogen-bond acceptors (Lipinski definition) is 1. The van der Waals surface area contributed by atoms with Crippen molar-refractivity contribution in [1.29, 1.82) is 0 Å². The molecule has 0 radical (unpaired) electrons. The summed E-state index contributed by atoms with van der Waals surface area (Å²) < 4.78 is -1.40. The van der Waals surface area contributed by atoms with Crippen molar-refractivity contribution in [3.8, 4) is 0 Å². The van der Waals surface area contributed by atoms with Gasteiger partial charge in [-0.2, -0.15) is 0 Å². The molecule has 88 valence electrons. The standard InChI is InChI=1S/C8H19N.4HI.Pb/c1-2-3-4-5-6-7-8-9;;;;;/h2-9H2,1H3;4*1H;/q;;;;;+4/p-4. The summed E-state index contributed by atoms with van der Waals surface area (Å²) in [4.78, 5) is 0.